The molecule has 34 heavy (non-hydrogen) atoms. The molecule has 3 rings (SSSR count). The molecule has 2 aromatic carbocycles. The summed E-state index contributed by atoms with van der Waals surface area (Å²) in [6.07, 6.45) is 4.12. The second kappa shape index (κ2) is 13.2. The zero-order valence-electron chi connectivity index (χ0n) is 19.5. The topological polar surface area (TPSA) is 88.1 Å². The zero-order valence-corrected chi connectivity index (χ0v) is 20.3. The fourth-order valence-corrected chi connectivity index (χ4v) is 4.35. The van der Waals surface area contributed by atoms with Gasteiger partial charge in [0, 0.05) is 19.6 Å². The lowest BCUT2D eigenvalue weighted by molar-refractivity contribution is -0.149. The molecule has 0 saturated heterocycles. The van der Waals surface area contributed by atoms with Gasteiger partial charge >= 0.3 is 12.0 Å². The van der Waals surface area contributed by atoms with Crippen LogP contribution in [0.1, 0.15) is 38.2 Å². The summed E-state index contributed by atoms with van der Waals surface area (Å²) < 4.78 is 11.2. The highest BCUT2D eigenvalue weighted by molar-refractivity contribution is 6.33. The first-order valence-electron chi connectivity index (χ1n) is 11.8. The number of benzene rings is 2. The number of anilines is 1. The normalized spacial score (nSPS) is 14.5. The number of hydrogen-bond acceptors (Lipinski definition) is 4. The minimum atomic E-state index is -0.973. The van der Waals surface area contributed by atoms with E-state index in [1.807, 2.05) is 36.4 Å². The lowest BCUT2D eigenvalue weighted by atomic mass is 10.1. The molecule has 0 aromatic heterocycles. The van der Waals surface area contributed by atoms with Gasteiger partial charge in [-0.25, -0.2) is 9.59 Å². The van der Waals surface area contributed by atoms with Gasteiger partial charge in [-0.2, -0.15) is 0 Å². The molecular formula is C26H33ClN2O5. The van der Waals surface area contributed by atoms with Crippen molar-refractivity contribution in [2.75, 3.05) is 31.6 Å². The molecule has 1 aliphatic rings. The molecule has 1 aliphatic carbocycles. The smallest absolute Gasteiger partial charge is 0.333 e. The van der Waals surface area contributed by atoms with E-state index in [1.54, 1.807) is 24.0 Å². The number of ether oxygens (including phenoxy) is 2. The maximum Gasteiger partial charge on any atom is 0.333 e. The summed E-state index contributed by atoms with van der Waals surface area (Å²) in [4.78, 5) is 26.1. The van der Waals surface area contributed by atoms with E-state index in [1.165, 1.54) is 12.8 Å². The van der Waals surface area contributed by atoms with Gasteiger partial charge in [-0.15, -0.1) is 0 Å². The van der Waals surface area contributed by atoms with Crippen LogP contribution in [-0.2, 0) is 16.0 Å². The van der Waals surface area contributed by atoms with Crippen LogP contribution in [0.5, 0.6) is 5.75 Å². The second-order valence-corrected chi connectivity index (χ2v) is 8.89. The number of urea groups is 1. The fourth-order valence-electron chi connectivity index (χ4n) is 4.17. The van der Waals surface area contributed by atoms with Gasteiger partial charge in [0.05, 0.1) is 17.3 Å². The minimum absolute atomic E-state index is 0.186. The molecule has 8 heteroatoms. The average molecular weight is 489 g/mol. The molecule has 2 amide bonds. The first-order chi connectivity index (χ1) is 16.5. The van der Waals surface area contributed by atoms with Crippen molar-refractivity contribution in [1.29, 1.82) is 0 Å². The average Bonchev–Trinajstić information content (AvgIpc) is 3.34. The highest BCUT2D eigenvalue weighted by Gasteiger charge is 2.23. The number of nitrogens with one attached hydrogen (secondary N) is 1. The van der Waals surface area contributed by atoms with Crippen molar-refractivity contribution in [3.8, 4) is 5.75 Å². The third-order valence-electron chi connectivity index (χ3n) is 5.97. The Balaban J connectivity index is 1.55. The van der Waals surface area contributed by atoms with E-state index in [2.05, 4.69) is 5.32 Å². The SMILES string of the molecule is CCOC(Cc1ccc(OCCN(CC2CCCC2)C(=O)Nc2ccccc2Cl)cc1)C(=O)O. The van der Waals surface area contributed by atoms with Crippen molar-refractivity contribution in [2.24, 2.45) is 5.92 Å². The number of halogens is 1. The van der Waals surface area contributed by atoms with Gasteiger partial charge in [0.15, 0.2) is 6.10 Å². The highest BCUT2D eigenvalue weighted by Crippen LogP contribution is 2.26. The van der Waals surface area contributed by atoms with Crippen LogP contribution < -0.4 is 10.1 Å². The van der Waals surface area contributed by atoms with Crippen molar-refractivity contribution < 1.29 is 24.2 Å². The molecule has 1 saturated carbocycles. The van der Waals surface area contributed by atoms with Crippen molar-refractivity contribution in [3.63, 3.8) is 0 Å². The molecule has 7 nitrogen and oxygen atoms in total. The first-order valence-corrected chi connectivity index (χ1v) is 12.2. The molecule has 2 aromatic rings. The number of carboxylic acid groups (broad SMARTS) is 1. The van der Waals surface area contributed by atoms with E-state index in [0.717, 1.165) is 18.4 Å². The summed E-state index contributed by atoms with van der Waals surface area (Å²) in [7, 11) is 0. The molecule has 0 aliphatic heterocycles. The van der Waals surface area contributed by atoms with Gasteiger partial charge in [0.2, 0.25) is 0 Å². The third-order valence-corrected chi connectivity index (χ3v) is 6.30. The number of carbonyl (C=O) groups is 2. The number of nitrogens with zero attached hydrogens (tertiary/aromatic N) is 1. The summed E-state index contributed by atoms with van der Waals surface area (Å²) in [5, 5.41) is 12.7. The van der Waals surface area contributed by atoms with Crippen LogP contribution in [0, 0.1) is 5.92 Å². The maximum atomic E-state index is 13.0. The predicted molar refractivity (Wildman–Crippen MR) is 133 cm³/mol. The van der Waals surface area contributed by atoms with Crippen molar-refractivity contribution in [3.05, 3.63) is 59.1 Å². The largest absolute Gasteiger partial charge is 0.492 e. The van der Waals surface area contributed by atoms with Crippen LogP contribution in [0.25, 0.3) is 0 Å². The molecule has 0 spiro atoms. The van der Waals surface area contributed by atoms with E-state index in [-0.39, 0.29) is 6.03 Å². The lowest BCUT2D eigenvalue weighted by Crippen LogP contribution is -2.40. The summed E-state index contributed by atoms with van der Waals surface area (Å²) in [5.74, 6) is 0.197. The lowest BCUT2D eigenvalue weighted by Gasteiger charge is -2.26. The number of para-hydroxylation sites is 1. The van der Waals surface area contributed by atoms with Crippen LogP contribution in [0.4, 0.5) is 10.5 Å². The Kier molecular flexibility index (Phi) is 10.0. The molecule has 2 N–H and O–H groups in total. The van der Waals surface area contributed by atoms with Crippen LogP contribution in [0.3, 0.4) is 0 Å². The zero-order chi connectivity index (χ0) is 24.3. The molecule has 1 atom stereocenters. The molecule has 184 valence electrons. The van der Waals surface area contributed by atoms with Crippen LogP contribution in [-0.4, -0.2) is 54.4 Å². The monoisotopic (exact) mass is 488 g/mol. The number of amides is 2. The van der Waals surface area contributed by atoms with E-state index < -0.39 is 12.1 Å². The summed E-state index contributed by atoms with van der Waals surface area (Å²) >= 11 is 6.21. The Morgan fingerprint density at radius 3 is 2.50 bits per heavy atom. The van der Waals surface area contributed by atoms with Gasteiger partial charge in [0.25, 0.3) is 0 Å². The van der Waals surface area contributed by atoms with Crippen LogP contribution in [0.15, 0.2) is 48.5 Å². The standard InChI is InChI=1S/C26H33ClN2O5/c1-2-33-24(25(30)31)17-19-11-13-21(14-12-19)34-16-15-29(18-20-7-3-4-8-20)26(32)28-23-10-6-5-9-22(23)27/h5-6,9-14,20,24H,2-4,7-8,15-18H2,1H3,(H,28,32)(H,30,31). The second-order valence-electron chi connectivity index (χ2n) is 8.49. The summed E-state index contributed by atoms with van der Waals surface area (Å²) in [6, 6.07) is 14.3. The summed E-state index contributed by atoms with van der Waals surface area (Å²) in [6.45, 7) is 3.60. The van der Waals surface area contributed by atoms with Crippen LogP contribution in [0.2, 0.25) is 5.02 Å². The van der Waals surface area contributed by atoms with Gasteiger partial charge in [0.1, 0.15) is 12.4 Å². The summed E-state index contributed by atoms with van der Waals surface area (Å²) in [5.41, 5.74) is 1.45. The van der Waals surface area contributed by atoms with Gasteiger partial charge in [-0.3, -0.25) is 0 Å². The van der Waals surface area contributed by atoms with E-state index in [9.17, 15) is 14.7 Å². The number of aliphatic carboxylic acids is 1. The van der Waals surface area contributed by atoms with Gasteiger partial charge in [-0.05, 0) is 55.5 Å². The van der Waals surface area contributed by atoms with Crippen molar-refractivity contribution >= 4 is 29.3 Å². The Bertz CT molecular complexity index is 931. The fraction of sp³-hybridized carbons (Fsp3) is 0.462. The van der Waals surface area contributed by atoms with Gasteiger partial charge < -0.3 is 24.8 Å². The van der Waals surface area contributed by atoms with Crippen LogP contribution >= 0.6 is 11.6 Å². The first kappa shape index (κ1) is 25.8. The van der Waals surface area contributed by atoms with E-state index in [4.69, 9.17) is 21.1 Å². The number of hydrogen-bond donors (Lipinski definition) is 2. The predicted octanol–water partition coefficient (Wildman–Crippen LogP) is 5.48. The number of carboxylic acids is 1. The Hall–Kier alpha value is -2.77. The van der Waals surface area contributed by atoms with Gasteiger partial charge in [-0.1, -0.05) is 48.7 Å². The molecule has 1 unspecified atom stereocenters. The molecule has 0 heterocycles. The number of carbonyl (C=O) groups excluding carboxylic acids is 1. The van der Waals surface area contributed by atoms with Crippen molar-refractivity contribution in [1.82, 2.24) is 4.90 Å². The quantitative estimate of drug-likeness (QED) is 0.413. The molecule has 0 bridgehead atoms. The minimum Gasteiger partial charge on any atom is -0.492 e. The third kappa shape index (κ3) is 7.92. The molecule has 1 fully saturated rings. The van der Waals surface area contributed by atoms with E-state index in [0.29, 0.717) is 55.1 Å². The highest BCUT2D eigenvalue weighted by atomic mass is 35.5. The van der Waals surface area contributed by atoms with E-state index >= 15 is 0 Å². The maximum absolute atomic E-state index is 13.0. The number of rotatable bonds is 12. The molecule has 0 radical (unpaired) electrons. The van der Waals surface area contributed by atoms with Crippen molar-refractivity contribution in [2.45, 2.75) is 45.1 Å². The Morgan fingerprint density at radius 1 is 1.15 bits per heavy atom. The Morgan fingerprint density at radius 2 is 1.85 bits per heavy atom. The molecular weight excluding hydrogens is 456 g/mol. The Labute approximate surface area is 206 Å².